The molecule has 0 aliphatic carbocycles. The van der Waals surface area contributed by atoms with Crippen LogP contribution >= 0.6 is 11.3 Å². The summed E-state index contributed by atoms with van der Waals surface area (Å²) in [6.07, 6.45) is 0. The predicted molar refractivity (Wildman–Crippen MR) is 80.2 cm³/mol. The molecule has 0 aliphatic heterocycles. The Hall–Kier alpha value is -2.41. The first-order chi connectivity index (χ1) is 10.0. The molecule has 0 fully saturated rings. The number of thiazole rings is 1. The molecule has 1 aromatic carbocycles. The molecule has 0 aliphatic rings. The first-order valence-electron chi connectivity index (χ1n) is 6.19. The Morgan fingerprint density at radius 2 is 2.00 bits per heavy atom. The number of aromatic nitrogens is 1. The molecule has 0 bridgehead atoms. The molecule has 0 unspecified atom stereocenters. The lowest BCUT2D eigenvalue weighted by molar-refractivity contribution is 0.0600. The minimum Gasteiger partial charge on any atom is -0.465 e. The number of nitrogens with one attached hydrogen (secondary N) is 1. The van der Waals surface area contributed by atoms with Gasteiger partial charge in [-0.15, -0.1) is 0 Å². The van der Waals surface area contributed by atoms with E-state index >= 15 is 0 Å². The summed E-state index contributed by atoms with van der Waals surface area (Å²) in [6.45, 7) is 2.10. The van der Waals surface area contributed by atoms with E-state index in [0.29, 0.717) is 27.8 Å². The van der Waals surface area contributed by atoms with Crippen molar-refractivity contribution >= 4 is 28.3 Å². The second kappa shape index (κ2) is 6.36. The second-order valence-electron chi connectivity index (χ2n) is 4.34. The third-order valence-electron chi connectivity index (χ3n) is 2.85. The molecule has 2 rings (SSSR count). The van der Waals surface area contributed by atoms with E-state index in [2.05, 4.69) is 15.0 Å². The van der Waals surface area contributed by atoms with Crippen molar-refractivity contribution in [3.8, 4) is 0 Å². The lowest BCUT2D eigenvalue weighted by atomic mass is 10.1. The van der Waals surface area contributed by atoms with Crippen LogP contribution in [0, 0.1) is 6.92 Å². The number of rotatable bonds is 4. The summed E-state index contributed by atoms with van der Waals surface area (Å²) in [5.74, 6) is -0.597. The van der Waals surface area contributed by atoms with E-state index in [9.17, 15) is 9.59 Å². The Bertz CT molecular complexity index is 665. The van der Waals surface area contributed by atoms with Crippen LogP contribution in [0.25, 0.3) is 0 Å². The van der Waals surface area contributed by atoms with Gasteiger partial charge in [-0.2, -0.15) is 0 Å². The van der Waals surface area contributed by atoms with Crippen LogP contribution in [0.2, 0.25) is 0 Å². The Balaban J connectivity index is 1.98. The van der Waals surface area contributed by atoms with E-state index in [0.717, 1.165) is 16.9 Å². The zero-order chi connectivity index (χ0) is 15.4. The van der Waals surface area contributed by atoms with Gasteiger partial charge in [-0.3, -0.25) is 4.79 Å². The Labute approximate surface area is 125 Å². The largest absolute Gasteiger partial charge is 0.465 e. The third kappa shape index (κ3) is 3.57. The highest BCUT2D eigenvalue weighted by Crippen LogP contribution is 2.19. The number of ether oxygens (including phenoxy) is 1. The molecule has 1 heterocycles. The van der Waals surface area contributed by atoms with Gasteiger partial charge in [0.05, 0.1) is 18.4 Å². The van der Waals surface area contributed by atoms with Crippen LogP contribution in [0.1, 0.15) is 31.3 Å². The highest BCUT2D eigenvalue weighted by atomic mass is 32.1. The molecule has 0 atom stereocenters. The number of carbonyl (C=O) groups excluding carboxylic acids is 2. The van der Waals surface area contributed by atoms with Crippen LogP contribution in [0.5, 0.6) is 0 Å². The smallest absolute Gasteiger partial charge is 0.337 e. The van der Waals surface area contributed by atoms with E-state index in [4.69, 9.17) is 5.73 Å². The summed E-state index contributed by atoms with van der Waals surface area (Å²) < 4.78 is 4.62. The number of nitrogens with two attached hydrogens (primary N) is 1. The minimum absolute atomic E-state index is 0.209. The van der Waals surface area contributed by atoms with Crippen LogP contribution in [0.3, 0.4) is 0 Å². The van der Waals surface area contributed by atoms with Gasteiger partial charge in [0, 0.05) is 6.54 Å². The highest BCUT2D eigenvalue weighted by Gasteiger charge is 2.13. The van der Waals surface area contributed by atoms with Gasteiger partial charge < -0.3 is 15.8 Å². The van der Waals surface area contributed by atoms with Crippen molar-refractivity contribution in [2.75, 3.05) is 12.8 Å². The van der Waals surface area contributed by atoms with Crippen molar-refractivity contribution < 1.29 is 14.3 Å². The molecular weight excluding hydrogens is 290 g/mol. The van der Waals surface area contributed by atoms with Crippen molar-refractivity contribution in [2.45, 2.75) is 13.5 Å². The van der Waals surface area contributed by atoms with Gasteiger partial charge in [-0.25, -0.2) is 9.78 Å². The number of carbonyl (C=O) groups is 2. The van der Waals surface area contributed by atoms with Crippen LogP contribution in [0.15, 0.2) is 24.3 Å². The van der Waals surface area contributed by atoms with Gasteiger partial charge >= 0.3 is 5.97 Å². The second-order valence-corrected chi connectivity index (χ2v) is 5.37. The topological polar surface area (TPSA) is 94.3 Å². The number of anilines is 1. The van der Waals surface area contributed by atoms with Gasteiger partial charge in [-0.1, -0.05) is 23.5 Å². The molecule has 3 N–H and O–H groups in total. The fourth-order valence-electron chi connectivity index (χ4n) is 1.77. The normalized spacial score (nSPS) is 10.2. The fraction of sp³-hybridized carbons (Fsp3) is 0.214. The molecule has 6 nitrogen and oxygen atoms in total. The number of hydrogen-bond donors (Lipinski definition) is 2. The molecule has 0 spiro atoms. The van der Waals surface area contributed by atoms with Crippen LogP contribution in [0.4, 0.5) is 5.13 Å². The van der Waals surface area contributed by atoms with Crippen molar-refractivity contribution in [3.05, 3.63) is 46.0 Å². The molecule has 2 aromatic rings. The van der Waals surface area contributed by atoms with E-state index in [1.807, 2.05) is 0 Å². The Morgan fingerprint density at radius 3 is 2.52 bits per heavy atom. The quantitative estimate of drug-likeness (QED) is 0.839. The Morgan fingerprint density at radius 1 is 1.33 bits per heavy atom. The van der Waals surface area contributed by atoms with Crippen LogP contribution in [-0.4, -0.2) is 24.0 Å². The zero-order valence-corrected chi connectivity index (χ0v) is 12.5. The zero-order valence-electron chi connectivity index (χ0n) is 11.7. The first kappa shape index (κ1) is 15.0. The van der Waals surface area contributed by atoms with E-state index in [1.54, 1.807) is 31.2 Å². The molecule has 7 heteroatoms. The number of hydrogen-bond acceptors (Lipinski definition) is 6. The van der Waals surface area contributed by atoms with Crippen LogP contribution < -0.4 is 11.1 Å². The SMILES string of the molecule is COC(=O)c1ccc(CNC(=O)c2sc(N)nc2C)cc1. The van der Waals surface area contributed by atoms with Crippen molar-refractivity contribution in [2.24, 2.45) is 0 Å². The van der Waals surface area contributed by atoms with Gasteiger partial charge in [-0.05, 0) is 24.6 Å². The monoisotopic (exact) mass is 305 g/mol. The van der Waals surface area contributed by atoms with E-state index in [1.165, 1.54) is 7.11 Å². The van der Waals surface area contributed by atoms with Crippen molar-refractivity contribution in [1.82, 2.24) is 10.3 Å². The van der Waals surface area contributed by atoms with Gasteiger partial charge in [0.25, 0.3) is 5.91 Å². The van der Waals surface area contributed by atoms with Crippen LogP contribution in [-0.2, 0) is 11.3 Å². The Kier molecular flexibility index (Phi) is 4.54. The summed E-state index contributed by atoms with van der Waals surface area (Å²) in [6, 6.07) is 6.84. The third-order valence-corrected chi connectivity index (χ3v) is 3.83. The molecule has 0 radical (unpaired) electrons. The predicted octanol–water partition coefficient (Wildman–Crippen LogP) is 1.75. The number of amides is 1. The average Bonchev–Trinajstić information content (AvgIpc) is 2.83. The molecule has 110 valence electrons. The van der Waals surface area contributed by atoms with Crippen molar-refractivity contribution in [1.29, 1.82) is 0 Å². The summed E-state index contributed by atoms with van der Waals surface area (Å²) in [7, 11) is 1.33. The summed E-state index contributed by atoms with van der Waals surface area (Å²) in [5, 5.41) is 3.17. The van der Waals surface area contributed by atoms with E-state index < -0.39 is 0 Å². The van der Waals surface area contributed by atoms with Gasteiger partial charge in [0.2, 0.25) is 0 Å². The lowest BCUT2D eigenvalue weighted by Crippen LogP contribution is -2.22. The first-order valence-corrected chi connectivity index (χ1v) is 7.01. The number of methoxy groups -OCH3 is 1. The maximum atomic E-state index is 12.0. The standard InChI is InChI=1S/C14H15N3O3S/c1-8-11(21-14(15)17-8)12(18)16-7-9-3-5-10(6-4-9)13(19)20-2/h3-6H,7H2,1-2H3,(H2,15,17)(H,16,18). The fourth-order valence-corrected chi connectivity index (χ4v) is 2.52. The van der Waals surface area contributed by atoms with Crippen molar-refractivity contribution in [3.63, 3.8) is 0 Å². The maximum absolute atomic E-state index is 12.0. The highest BCUT2D eigenvalue weighted by molar-refractivity contribution is 7.17. The van der Waals surface area contributed by atoms with Gasteiger partial charge in [0.15, 0.2) is 5.13 Å². The summed E-state index contributed by atoms with van der Waals surface area (Å²) in [5.41, 5.74) is 7.54. The molecule has 1 aromatic heterocycles. The maximum Gasteiger partial charge on any atom is 0.337 e. The summed E-state index contributed by atoms with van der Waals surface area (Å²) in [4.78, 5) is 27.8. The lowest BCUT2D eigenvalue weighted by Gasteiger charge is -2.05. The summed E-state index contributed by atoms with van der Waals surface area (Å²) >= 11 is 1.16. The molecule has 1 amide bonds. The van der Waals surface area contributed by atoms with E-state index in [-0.39, 0.29) is 11.9 Å². The molecular formula is C14H15N3O3S. The average molecular weight is 305 g/mol. The molecule has 21 heavy (non-hydrogen) atoms. The minimum atomic E-state index is -0.388. The number of nitrogens with zero attached hydrogens (tertiary/aromatic N) is 1. The number of aryl methyl sites for hydroxylation is 1. The number of esters is 1. The van der Waals surface area contributed by atoms with Gasteiger partial charge in [0.1, 0.15) is 4.88 Å². The number of nitrogen functional groups attached to an aromatic ring is 1. The number of benzene rings is 1. The molecule has 0 saturated carbocycles. The molecule has 0 saturated heterocycles.